The Labute approximate surface area is 97.8 Å². The molecule has 1 aliphatic heterocycles. The van der Waals surface area contributed by atoms with E-state index in [1.165, 1.54) is 0 Å². The van der Waals surface area contributed by atoms with Crippen LogP contribution in [0.3, 0.4) is 0 Å². The smallest absolute Gasteiger partial charge is 0.264 e. The van der Waals surface area contributed by atoms with Crippen LogP contribution in [0.25, 0.3) is 0 Å². The summed E-state index contributed by atoms with van der Waals surface area (Å²) >= 11 is 9.74. The molecule has 0 aromatic heterocycles. The lowest BCUT2D eigenvalue weighted by Crippen LogP contribution is -2.46. The fourth-order valence-corrected chi connectivity index (χ4v) is 1.72. The highest BCUT2D eigenvalue weighted by molar-refractivity contribution is 7.80. The van der Waals surface area contributed by atoms with E-state index in [0.29, 0.717) is 5.17 Å². The third-order valence-corrected chi connectivity index (χ3v) is 2.30. The van der Waals surface area contributed by atoms with Gasteiger partial charge in [0.05, 0.1) is 0 Å². The summed E-state index contributed by atoms with van der Waals surface area (Å²) in [4.78, 5) is 0. The van der Waals surface area contributed by atoms with Gasteiger partial charge in [-0.05, 0) is 30.5 Å². The van der Waals surface area contributed by atoms with Crippen molar-refractivity contribution in [3.63, 3.8) is 0 Å². The van der Waals surface area contributed by atoms with Crippen molar-refractivity contribution in [1.82, 2.24) is 10.6 Å². The largest absolute Gasteiger partial charge is 0.431 e. The zero-order valence-corrected chi connectivity index (χ0v) is 9.32. The summed E-state index contributed by atoms with van der Waals surface area (Å²) in [5.41, 5.74) is 6.35. The molecular weight excluding hydrogens is 230 g/mol. The SMILES string of the molecule is NC(=S)NC1NC(=S)Oc2ccccc21. The van der Waals surface area contributed by atoms with Gasteiger partial charge in [0.2, 0.25) is 0 Å². The molecule has 1 heterocycles. The Morgan fingerprint density at radius 2 is 2.20 bits per heavy atom. The Bertz CT molecular complexity index is 422. The lowest BCUT2D eigenvalue weighted by molar-refractivity contribution is 0.441. The van der Waals surface area contributed by atoms with E-state index >= 15 is 0 Å². The molecule has 15 heavy (non-hydrogen) atoms. The van der Waals surface area contributed by atoms with Gasteiger partial charge in [-0.25, -0.2) is 0 Å². The lowest BCUT2D eigenvalue weighted by atomic mass is 10.1. The quantitative estimate of drug-likeness (QED) is 0.630. The van der Waals surface area contributed by atoms with Gasteiger partial charge in [-0.2, -0.15) is 0 Å². The maximum absolute atomic E-state index is 5.42. The zero-order chi connectivity index (χ0) is 10.8. The Hall–Kier alpha value is -1.40. The molecule has 0 saturated carbocycles. The number of ether oxygens (including phenoxy) is 1. The van der Waals surface area contributed by atoms with Crippen LogP contribution >= 0.6 is 24.4 Å². The summed E-state index contributed by atoms with van der Waals surface area (Å²) in [7, 11) is 0. The Morgan fingerprint density at radius 1 is 1.47 bits per heavy atom. The summed E-state index contributed by atoms with van der Waals surface area (Å²) in [5, 5.41) is 6.36. The molecule has 1 aromatic rings. The van der Waals surface area contributed by atoms with Crippen molar-refractivity contribution in [3.05, 3.63) is 29.8 Å². The Balaban J connectivity index is 2.33. The molecule has 0 aliphatic carbocycles. The van der Waals surface area contributed by atoms with E-state index in [-0.39, 0.29) is 11.3 Å². The highest BCUT2D eigenvalue weighted by Gasteiger charge is 2.23. The van der Waals surface area contributed by atoms with E-state index in [4.69, 9.17) is 34.9 Å². The van der Waals surface area contributed by atoms with Crippen LogP contribution in [-0.4, -0.2) is 10.3 Å². The molecule has 0 saturated heterocycles. The first-order valence-electron chi connectivity index (χ1n) is 4.30. The first kappa shape index (κ1) is 10.1. The van der Waals surface area contributed by atoms with Crippen LogP contribution in [0.15, 0.2) is 24.3 Å². The Kier molecular flexibility index (Phi) is 2.70. The minimum absolute atomic E-state index is 0.215. The van der Waals surface area contributed by atoms with Gasteiger partial charge in [-0.3, -0.25) is 0 Å². The topological polar surface area (TPSA) is 59.3 Å². The predicted molar refractivity (Wildman–Crippen MR) is 65.5 cm³/mol. The van der Waals surface area contributed by atoms with Crippen LogP contribution < -0.4 is 21.1 Å². The molecule has 6 heteroatoms. The first-order valence-corrected chi connectivity index (χ1v) is 5.12. The summed E-state index contributed by atoms with van der Waals surface area (Å²) in [5.74, 6) is 0.718. The van der Waals surface area contributed by atoms with Gasteiger partial charge in [0.25, 0.3) is 5.17 Å². The highest BCUT2D eigenvalue weighted by atomic mass is 32.1. The van der Waals surface area contributed by atoms with Crippen molar-refractivity contribution >= 4 is 34.7 Å². The molecule has 1 atom stereocenters. The maximum atomic E-state index is 5.42. The number of nitrogens with two attached hydrogens (primary N) is 1. The molecule has 1 aromatic carbocycles. The van der Waals surface area contributed by atoms with E-state index in [9.17, 15) is 0 Å². The summed E-state index contributed by atoms with van der Waals surface area (Å²) < 4.78 is 5.34. The number of nitrogens with one attached hydrogen (secondary N) is 2. The monoisotopic (exact) mass is 239 g/mol. The van der Waals surface area contributed by atoms with Gasteiger partial charge in [0.1, 0.15) is 11.9 Å². The van der Waals surface area contributed by atoms with Crippen molar-refractivity contribution in [1.29, 1.82) is 0 Å². The highest BCUT2D eigenvalue weighted by Crippen LogP contribution is 2.27. The summed E-state index contributed by atoms with van der Waals surface area (Å²) in [6.45, 7) is 0. The van der Waals surface area contributed by atoms with Crippen LogP contribution in [0.5, 0.6) is 5.75 Å². The van der Waals surface area contributed by atoms with E-state index in [1.807, 2.05) is 24.3 Å². The van der Waals surface area contributed by atoms with Gasteiger partial charge >= 0.3 is 0 Å². The van der Waals surface area contributed by atoms with Gasteiger partial charge in [0, 0.05) is 5.56 Å². The molecule has 78 valence electrons. The number of para-hydroxylation sites is 1. The van der Waals surface area contributed by atoms with Crippen molar-refractivity contribution in [2.75, 3.05) is 0 Å². The van der Waals surface area contributed by atoms with Crippen molar-refractivity contribution in [2.24, 2.45) is 5.73 Å². The number of fused-ring (bicyclic) bond motifs is 1. The predicted octanol–water partition coefficient (Wildman–Crippen LogP) is 0.785. The van der Waals surface area contributed by atoms with Gasteiger partial charge in [0.15, 0.2) is 5.11 Å². The van der Waals surface area contributed by atoms with E-state index in [1.54, 1.807) is 0 Å². The van der Waals surface area contributed by atoms with Crippen LogP contribution in [0.2, 0.25) is 0 Å². The van der Waals surface area contributed by atoms with Crippen LogP contribution in [0.4, 0.5) is 0 Å². The number of thiocarbonyl (C=S) groups is 2. The molecule has 0 fully saturated rings. The van der Waals surface area contributed by atoms with Crippen molar-refractivity contribution in [3.8, 4) is 5.75 Å². The molecule has 4 nitrogen and oxygen atoms in total. The Morgan fingerprint density at radius 3 is 2.93 bits per heavy atom. The molecule has 0 amide bonds. The number of hydrogen-bond donors (Lipinski definition) is 3. The summed E-state index contributed by atoms with van der Waals surface area (Å²) in [6.07, 6.45) is -0.222. The lowest BCUT2D eigenvalue weighted by Gasteiger charge is -2.28. The second kappa shape index (κ2) is 4.00. The first-order chi connectivity index (χ1) is 7.16. The zero-order valence-electron chi connectivity index (χ0n) is 7.69. The maximum Gasteiger partial charge on any atom is 0.264 e. The van der Waals surface area contributed by atoms with Crippen LogP contribution in [0, 0.1) is 0 Å². The molecule has 0 bridgehead atoms. The van der Waals surface area contributed by atoms with Gasteiger partial charge in [-0.15, -0.1) is 0 Å². The average Bonchev–Trinajstić information content (AvgIpc) is 2.16. The number of rotatable bonds is 1. The third-order valence-electron chi connectivity index (χ3n) is 1.98. The minimum atomic E-state index is -0.222. The van der Waals surface area contributed by atoms with E-state index in [0.717, 1.165) is 11.3 Å². The fourth-order valence-electron chi connectivity index (χ4n) is 1.39. The van der Waals surface area contributed by atoms with Crippen molar-refractivity contribution < 1.29 is 4.74 Å². The van der Waals surface area contributed by atoms with Gasteiger partial charge in [-0.1, -0.05) is 18.2 Å². The normalized spacial score (nSPS) is 18.4. The van der Waals surface area contributed by atoms with Crippen molar-refractivity contribution in [2.45, 2.75) is 6.17 Å². The molecule has 0 spiro atoms. The minimum Gasteiger partial charge on any atom is -0.431 e. The molecule has 2 rings (SSSR count). The van der Waals surface area contributed by atoms with E-state index < -0.39 is 0 Å². The third kappa shape index (κ3) is 2.16. The average molecular weight is 239 g/mol. The van der Waals surface area contributed by atoms with E-state index in [2.05, 4.69) is 10.6 Å². The van der Waals surface area contributed by atoms with Gasteiger partial charge < -0.3 is 21.1 Å². The van der Waals surface area contributed by atoms with Crippen LogP contribution in [0.1, 0.15) is 11.7 Å². The fraction of sp³-hybridized carbons (Fsp3) is 0.111. The molecule has 4 N–H and O–H groups in total. The molecule has 0 radical (unpaired) electrons. The number of benzene rings is 1. The molecule has 1 aliphatic rings. The molecule has 1 unspecified atom stereocenters. The summed E-state index contributed by atoms with van der Waals surface area (Å²) in [6, 6.07) is 7.55. The molecular formula is C9H9N3OS2. The standard InChI is InChI=1S/C9H9N3OS2/c10-8(14)11-7-5-3-1-2-4-6(5)13-9(15)12-7/h1-4,7H,(H,12,15)(H3,10,11,14). The number of hydrogen-bond acceptors (Lipinski definition) is 3. The second-order valence-corrected chi connectivity index (χ2v) is 3.82. The second-order valence-electron chi connectivity index (χ2n) is 3.01. The van der Waals surface area contributed by atoms with Crippen LogP contribution in [-0.2, 0) is 0 Å².